The fourth-order valence-corrected chi connectivity index (χ4v) is 5.27. The Balaban J connectivity index is 1.30. The van der Waals surface area contributed by atoms with Gasteiger partial charge in [-0.25, -0.2) is 0 Å². The molecule has 1 amide bonds. The lowest BCUT2D eigenvalue weighted by molar-refractivity contribution is 0.0685. The van der Waals surface area contributed by atoms with Gasteiger partial charge in [0.2, 0.25) is 0 Å². The molecule has 1 aromatic carbocycles. The third-order valence-electron chi connectivity index (χ3n) is 7.35. The molecule has 0 radical (unpaired) electrons. The van der Waals surface area contributed by atoms with Crippen LogP contribution in [0.1, 0.15) is 66.7 Å². The van der Waals surface area contributed by atoms with Crippen molar-refractivity contribution in [3.63, 3.8) is 0 Å². The number of amides is 1. The highest BCUT2D eigenvalue weighted by atomic mass is 16.2. The first kappa shape index (κ1) is 21.2. The number of likely N-dealkylation sites (tertiary alicyclic amines) is 1. The lowest BCUT2D eigenvalue weighted by Crippen LogP contribution is -2.39. The van der Waals surface area contributed by atoms with Gasteiger partial charge in [-0.3, -0.25) is 9.69 Å². The maximum atomic E-state index is 13.1. The minimum atomic E-state index is 0.178. The number of carbonyl (C=O) groups excluding carboxylic acids is 1. The number of hydrogen-bond donors (Lipinski definition) is 0. The lowest BCUT2D eigenvalue weighted by atomic mass is 9.90. The Morgan fingerprint density at radius 2 is 1.67 bits per heavy atom. The van der Waals surface area contributed by atoms with Crippen molar-refractivity contribution in [2.45, 2.75) is 64.0 Å². The number of rotatable bonds is 6. The van der Waals surface area contributed by atoms with Gasteiger partial charge in [0, 0.05) is 32.4 Å². The molecular weight excluding hydrogens is 370 g/mol. The van der Waals surface area contributed by atoms with Crippen molar-refractivity contribution in [2.24, 2.45) is 13.0 Å². The van der Waals surface area contributed by atoms with E-state index in [2.05, 4.69) is 52.9 Å². The highest BCUT2D eigenvalue weighted by Crippen LogP contribution is 2.25. The monoisotopic (exact) mass is 407 g/mol. The van der Waals surface area contributed by atoms with Crippen LogP contribution >= 0.6 is 0 Å². The van der Waals surface area contributed by atoms with Crippen LogP contribution in [0.5, 0.6) is 0 Å². The average Bonchev–Trinajstić information content (AvgIpc) is 3.15. The molecule has 0 atom stereocenters. The van der Waals surface area contributed by atoms with Crippen LogP contribution in [0.25, 0.3) is 0 Å². The number of piperidine rings is 1. The molecule has 2 aromatic rings. The first-order valence-electron chi connectivity index (χ1n) is 11.8. The second-order valence-electron chi connectivity index (χ2n) is 9.39. The average molecular weight is 408 g/mol. The van der Waals surface area contributed by atoms with Gasteiger partial charge in [0.15, 0.2) is 0 Å². The zero-order valence-corrected chi connectivity index (χ0v) is 18.7. The van der Waals surface area contributed by atoms with Crippen LogP contribution in [-0.2, 0) is 20.0 Å². The summed E-state index contributed by atoms with van der Waals surface area (Å²) in [6, 6.07) is 15.5. The zero-order valence-electron chi connectivity index (χ0n) is 18.7. The number of nitrogens with zero attached hydrogens (tertiary/aromatic N) is 3. The second-order valence-corrected chi connectivity index (χ2v) is 9.39. The quantitative estimate of drug-likeness (QED) is 0.682. The fraction of sp³-hybridized carbons (Fsp3) is 0.577. The second kappa shape index (κ2) is 9.82. The molecule has 162 valence electrons. The van der Waals surface area contributed by atoms with Crippen LogP contribution in [-0.4, -0.2) is 46.5 Å². The highest BCUT2D eigenvalue weighted by molar-refractivity contribution is 5.93. The van der Waals surface area contributed by atoms with Gasteiger partial charge in [-0.15, -0.1) is 0 Å². The van der Waals surface area contributed by atoms with Crippen LogP contribution in [0.15, 0.2) is 42.5 Å². The van der Waals surface area contributed by atoms with E-state index < -0.39 is 0 Å². The molecule has 1 saturated heterocycles. The van der Waals surface area contributed by atoms with Gasteiger partial charge in [0.05, 0.1) is 0 Å². The van der Waals surface area contributed by atoms with Crippen molar-refractivity contribution in [1.82, 2.24) is 14.4 Å². The van der Waals surface area contributed by atoms with Gasteiger partial charge in [-0.05, 0) is 68.8 Å². The maximum absolute atomic E-state index is 13.1. The molecule has 4 rings (SSSR count). The largest absolute Gasteiger partial charge is 0.342 e. The minimum absolute atomic E-state index is 0.178. The number of carbonyl (C=O) groups is 1. The summed E-state index contributed by atoms with van der Waals surface area (Å²) in [6.45, 7) is 3.23. The van der Waals surface area contributed by atoms with Crippen LogP contribution in [0.3, 0.4) is 0 Å². The molecule has 1 aliphatic heterocycles. The smallest absolute Gasteiger partial charge is 0.270 e. The third-order valence-corrected chi connectivity index (χ3v) is 7.35. The summed E-state index contributed by atoms with van der Waals surface area (Å²) in [4.78, 5) is 17.6. The molecule has 30 heavy (non-hydrogen) atoms. The van der Waals surface area contributed by atoms with E-state index in [-0.39, 0.29) is 5.91 Å². The Morgan fingerprint density at radius 1 is 0.967 bits per heavy atom. The molecule has 2 fully saturated rings. The SMILES string of the molecule is CN(C(=O)c1ccc(CN2CCC(Cc3ccccc3)CC2)n1C)C1CCCCC1. The van der Waals surface area contributed by atoms with Crippen molar-refractivity contribution < 1.29 is 4.79 Å². The van der Waals surface area contributed by atoms with Gasteiger partial charge >= 0.3 is 0 Å². The van der Waals surface area contributed by atoms with Crippen molar-refractivity contribution in [3.05, 3.63) is 59.4 Å². The molecule has 1 aromatic heterocycles. The molecule has 4 nitrogen and oxygen atoms in total. The van der Waals surface area contributed by atoms with E-state index in [1.807, 2.05) is 18.0 Å². The summed E-state index contributed by atoms with van der Waals surface area (Å²) in [5.74, 6) is 0.968. The molecule has 1 aliphatic carbocycles. The third kappa shape index (κ3) is 4.97. The molecule has 2 heterocycles. The zero-order chi connectivity index (χ0) is 20.9. The van der Waals surface area contributed by atoms with E-state index in [0.717, 1.165) is 44.1 Å². The lowest BCUT2D eigenvalue weighted by Gasteiger charge is -2.32. The Bertz CT molecular complexity index is 814. The van der Waals surface area contributed by atoms with E-state index in [1.54, 1.807) is 0 Å². The minimum Gasteiger partial charge on any atom is -0.342 e. The first-order chi connectivity index (χ1) is 14.6. The maximum Gasteiger partial charge on any atom is 0.270 e. The molecular formula is C26H37N3O. The molecule has 0 unspecified atom stereocenters. The van der Waals surface area contributed by atoms with Gasteiger partial charge in [-0.2, -0.15) is 0 Å². The van der Waals surface area contributed by atoms with E-state index >= 15 is 0 Å². The standard InChI is InChI=1S/C26H37N3O/c1-27-24(13-14-25(27)26(30)28(2)23-11-7-4-8-12-23)20-29-17-15-22(16-18-29)19-21-9-5-3-6-10-21/h3,5-6,9-10,13-14,22-23H,4,7-8,11-12,15-20H2,1-2H3. The van der Waals surface area contributed by atoms with Gasteiger partial charge in [0.25, 0.3) is 5.91 Å². The molecule has 2 aliphatic rings. The number of hydrogen-bond acceptors (Lipinski definition) is 2. The Labute approximate surface area is 181 Å². The van der Waals surface area contributed by atoms with Crippen molar-refractivity contribution >= 4 is 5.91 Å². The molecule has 4 heteroatoms. The van der Waals surface area contributed by atoms with Crippen LogP contribution in [0, 0.1) is 5.92 Å². The summed E-state index contributed by atoms with van der Waals surface area (Å²) in [5, 5.41) is 0. The van der Waals surface area contributed by atoms with Gasteiger partial charge in [-0.1, -0.05) is 49.6 Å². The predicted molar refractivity (Wildman–Crippen MR) is 123 cm³/mol. The highest BCUT2D eigenvalue weighted by Gasteiger charge is 2.26. The molecule has 0 spiro atoms. The first-order valence-corrected chi connectivity index (χ1v) is 11.8. The van der Waals surface area contributed by atoms with E-state index in [0.29, 0.717) is 6.04 Å². The van der Waals surface area contributed by atoms with Gasteiger partial charge < -0.3 is 9.47 Å². The summed E-state index contributed by atoms with van der Waals surface area (Å²) in [6.07, 6.45) is 9.83. The molecule has 0 N–H and O–H groups in total. The summed E-state index contributed by atoms with van der Waals surface area (Å²) in [7, 11) is 4.04. The van der Waals surface area contributed by atoms with Crippen LogP contribution in [0.4, 0.5) is 0 Å². The molecule has 1 saturated carbocycles. The normalized spacial score (nSPS) is 19.1. The molecule has 0 bridgehead atoms. The topological polar surface area (TPSA) is 28.5 Å². The summed E-state index contributed by atoms with van der Waals surface area (Å²) >= 11 is 0. The van der Waals surface area contributed by atoms with E-state index in [9.17, 15) is 4.79 Å². The number of aromatic nitrogens is 1. The van der Waals surface area contributed by atoms with Crippen molar-refractivity contribution in [3.8, 4) is 0 Å². The predicted octanol–water partition coefficient (Wildman–Crippen LogP) is 4.88. The summed E-state index contributed by atoms with van der Waals surface area (Å²) in [5.41, 5.74) is 3.54. The Hall–Kier alpha value is -2.07. The Kier molecular flexibility index (Phi) is 6.93. The summed E-state index contributed by atoms with van der Waals surface area (Å²) < 4.78 is 2.12. The van der Waals surface area contributed by atoms with Crippen molar-refractivity contribution in [2.75, 3.05) is 20.1 Å². The van der Waals surface area contributed by atoms with Crippen molar-refractivity contribution in [1.29, 1.82) is 0 Å². The van der Waals surface area contributed by atoms with E-state index in [1.165, 1.54) is 49.8 Å². The van der Waals surface area contributed by atoms with Crippen LogP contribution < -0.4 is 0 Å². The fourth-order valence-electron chi connectivity index (χ4n) is 5.27. The van der Waals surface area contributed by atoms with Gasteiger partial charge in [0.1, 0.15) is 5.69 Å². The van der Waals surface area contributed by atoms with E-state index in [4.69, 9.17) is 0 Å². The Morgan fingerprint density at radius 3 is 2.37 bits per heavy atom. The number of benzene rings is 1. The van der Waals surface area contributed by atoms with Crippen LogP contribution in [0.2, 0.25) is 0 Å².